The maximum Gasteiger partial charge on any atom is 0.224 e. The highest BCUT2D eigenvalue weighted by Gasteiger charge is 2.40. The predicted octanol–water partition coefficient (Wildman–Crippen LogP) is 4.49. The Morgan fingerprint density at radius 2 is 1.74 bits per heavy atom. The van der Waals surface area contributed by atoms with E-state index in [1.165, 1.54) is 6.26 Å². The van der Waals surface area contributed by atoms with Crippen LogP contribution in [0.15, 0.2) is 53.4 Å². The number of nitrogens with one attached hydrogen (secondary N) is 1. The highest BCUT2D eigenvalue weighted by molar-refractivity contribution is 7.90. The molecule has 4 atom stereocenters. The number of carbonyl (C=O) groups is 1. The fraction of sp³-hybridized carbons (Fsp3) is 0.458. The van der Waals surface area contributed by atoms with Gasteiger partial charge in [-0.3, -0.25) is 4.79 Å². The van der Waals surface area contributed by atoms with Gasteiger partial charge in [0.25, 0.3) is 0 Å². The zero-order valence-corrected chi connectivity index (χ0v) is 19.2. The van der Waals surface area contributed by atoms with E-state index in [4.69, 9.17) is 16.3 Å². The van der Waals surface area contributed by atoms with E-state index in [1.807, 2.05) is 24.3 Å². The van der Waals surface area contributed by atoms with E-state index in [0.29, 0.717) is 28.7 Å². The Kier molecular flexibility index (Phi) is 6.70. The molecule has 31 heavy (non-hydrogen) atoms. The lowest BCUT2D eigenvalue weighted by Gasteiger charge is -2.45. The number of carbonyl (C=O) groups excluding carboxylic acids is 1. The van der Waals surface area contributed by atoms with Crippen LogP contribution in [0.3, 0.4) is 0 Å². The quantitative estimate of drug-likeness (QED) is 0.711. The Hall–Kier alpha value is -1.89. The van der Waals surface area contributed by atoms with Crippen molar-refractivity contribution in [3.05, 3.63) is 64.7 Å². The maximum absolute atomic E-state index is 12.8. The molecule has 0 unspecified atom stereocenters. The summed E-state index contributed by atoms with van der Waals surface area (Å²) < 4.78 is 30.0. The van der Waals surface area contributed by atoms with Crippen molar-refractivity contribution in [3.8, 4) is 0 Å². The van der Waals surface area contributed by atoms with E-state index in [9.17, 15) is 13.2 Å². The first kappa shape index (κ1) is 22.3. The average molecular weight is 462 g/mol. The fourth-order valence-corrected chi connectivity index (χ4v) is 5.54. The molecule has 1 N–H and O–H groups in total. The predicted molar refractivity (Wildman–Crippen MR) is 121 cm³/mol. The van der Waals surface area contributed by atoms with Crippen LogP contribution in [0.5, 0.6) is 0 Å². The average Bonchev–Trinajstić information content (AvgIpc) is 2.75. The molecule has 1 saturated heterocycles. The number of benzene rings is 2. The van der Waals surface area contributed by atoms with Crippen LogP contribution in [-0.2, 0) is 25.8 Å². The lowest BCUT2D eigenvalue weighted by atomic mass is 9.76. The van der Waals surface area contributed by atoms with Gasteiger partial charge >= 0.3 is 0 Å². The first-order valence-electron chi connectivity index (χ1n) is 10.8. The van der Waals surface area contributed by atoms with Crippen LogP contribution < -0.4 is 5.32 Å². The van der Waals surface area contributed by atoms with Crippen molar-refractivity contribution in [3.63, 3.8) is 0 Å². The molecule has 1 aliphatic carbocycles. The van der Waals surface area contributed by atoms with Crippen molar-refractivity contribution >= 4 is 27.3 Å². The summed E-state index contributed by atoms with van der Waals surface area (Å²) >= 11 is 5.94. The normalized spacial score (nSPS) is 26.1. The zero-order valence-electron chi connectivity index (χ0n) is 17.6. The van der Waals surface area contributed by atoms with E-state index in [-0.39, 0.29) is 24.2 Å². The number of amides is 1. The highest BCUT2D eigenvalue weighted by atomic mass is 35.5. The third-order valence-electron chi connectivity index (χ3n) is 6.38. The minimum absolute atomic E-state index is 0.00437. The van der Waals surface area contributed by atoms with Crippen molar-refractivity contribution in [2.45, 2.75) is 61.7 Å². The largest absolute Gasteiger partial charge is 0.370 e. The molecule has 166 valence electrons. The van der Waals surface area contributed by atoms with E-state index < -0.39 is 9.84 Å². The summed E-state index contributed by atoms with van der Waals surface area (Å²) in [5.74, 6) is 0.319. The number of hydrogen-bond donors (Lipinski definition) is 1. The van der Waals surface area contributed by atoms with Crippen LogP contribution in [0.1, 0.15) is 49.3 Å². The van der Waals surface area contributed by atoms with Gasteiger partial charge in [-0.05, 0) is 54.7 Å². The van der Waals surface area contributed by atoms with Crippen LogP contribution >= 0.6 is 11.6 Å². The molecule has 2 aromatic rings. The summed E-state index contributed by atoms with van der Waals surface area (Å²) in [7, 11) is -3.23. The van der Waals surface area contributed by atoms with Crippen molar-refractivity contribution < 1.29 is 17.9 Å². The van der Waals surface area contributed by atoms with Crippen LogP contribution in [-0.4, -0.2) is 32.7 Å². The molecule has 1 amide bonds. The van der Waals surface area contributed by atoms with Crippen molar-refractivity contribution in [2.75, 3.05) is 6.26 Å². The Morgan fingerprint density at radius 1 is 1.06 bits per heavy atom. The number of rotatable bonds is 5. The van der Waals surface area contributed by atoms with Crippen LogP contribution in [0.4, 0.5) is 0 Å². The Morgan fingerprint density at radius 3 is 2.42 bits per heavy atom. The first-order valence-corrected chi connectivity index (χ1v) is 13.1. The number of ether oxygens (including phenoxy) is 1. The molecule has 5 nitrogen and oxygen atoms in total. The number of sulfone groups is 1. The second-order valence-corrected chi connectivity index (χ2v) is 11.1. The molecule has 4 rings (SSSR count). The van der Waals surface area contributed by atoms with Gasteiger partial charge in [0.15, 0.2) is 9.84 Å². The minimum atomic E-state index is -3.23. The van der Waals surface area contributed by atoms with Gasteiger partial charge in [-0.2, -0.15) is 0 Å². The number of hydrogen-bond acceptors (Lipinski definition) is 4. The first-order chi connectivity index (χ1) is 14.8. The van der Waals surface area contributed by atoms with Crippen LogP contribution in [0.2, 0.25) is 5.02 Å². The SMILES string of the molecule is CS(=O)(=O)c1ccc([C@@H]2C[C@H](NC(=O)Cc3ccc(Cl)cc3)[C@H]3CCCC[C@@H]3O2)cc1. The fourth-order valence-electron chi connectivity index (χ4n) is 4.78. The highest BCUT2D eigenvalue weighted by Crippen LogP contribution is 2.41. The monoisotopic (exact) mass is 461 g/mol. The van der Waals surface area contributed by atoms with Crippen molar-refractivity contribution in [2.24, 2.45) is 5.92 Å². The lowest BCUT2D eigenvalue weighted by molar-refractivity contribution is -0.132. The summed E-state index contributed by atoms with van der Waals surface area (Å²) in [5, 5.41) is 3.92. The lowest BCUT2D eigenvalue weighted by Crippen LogP contribution is -2.51. The molecule has 0 spiro atoms. The summed E-state index contributed by atoms with van der Waals surface area (Å²) in [6.45, 7) is 0. The second kappa shape index (κ2) is 9.31. The summed E-state index contributed by atoms with van der Waals surface area (Å²) in [4.78, 5) is 13.1. The van der Waals surface area contributed by atoms with Gasteiger partial charge in [0.05, 0.1) is 23.5 Å². The Labute approximate surface area is 189 Å². The minimum Gasteiger partial charge on any atom is -0.370 e. The molecule has 2 aromatic carbocycles. The van der Waals surface area contributed by atoms with E-state index in [0.717, 1.165) is 36.8 Å². The van der Waals surface area contributed by atoms with E-state index in [1.54, 1.807) is 24.3 Å². The molecular weight excluding hydrogens is 434 g/mol. The van der Waals surface area contributed by atoms with Crippen LogP contribution in [0, 0.1) is 5.92 Å². The Bertz CT molecular complexity index is 1020. The molecular formula is C24H28ClNO4S. The van der Waals surface area contributed by atoms with Crippen molar-refractivity contribution in [1.82, 2.24) is 5.32 Å². The Balaban J connectivity index is 1.48. The van der Waals surface area contributed by atoms with E-state index >= 15 is 0 Å². The summed E-state index contributed by atoms with van der Waals surface area (Å²) in [6, 6.07) is 14.3. The van der Waals surface area contributed by atoms with Gasteiger partial charge in [-0.1, -0.05) is 48.7 Å². The van der Waals surface area contributed by atoms with Gasteiger partial charge in [0.1, 0.15) is 0 Å². The molecule has 7 heteroatoms. The van der Waals surface area contributed by atoms with E-state index in [2.05, 4.69) is 5.32 Å². The standard InChI is InChI=1S/C24H28ClNO4S/c1-31(28,29)19-12-8-17(9-13-19)23-15-21(20-4-2-3-5-22(20)30-23)26-24(27)14-16-6-10-18(25)11-7-16/h6-13,20-23H,2-5,14-15H2,1H3,(H,26,27)/t20-,21+,22+,23+/m1/s1. The van der Waals surface area contributed by atoms with Crippen LogP contribution in [0.25, 0.3) is 0 Å². The number of halogens is 1. The molecule has 2 fully saturated rings. The molecule has 1 saturated carbocycles. The molecule has 2 aliphatic rings. The topological polar surface area (TPSA) is 72.5 Å². The van der Waals surface area contributed by atoms with Gasteiger partial charge < -0.3 is 10.1 Å². The smallest absolute Gasteiger partial charge is 0.224 e. The summed E-state index contributed by atoms with van der Waals surface area (Å²) in [5.41, 5.74) is 1.88. The molecule has 1 heterocycles. The van der Waals surface area contributed by atoms with Gasteiger partial charge in [-0.15, -0.1) is 0 Å². The van der Waals surface area contributed by atoms with Crippen molar-refractivity contribution in [1.29, 1.82) is 0 Å². The molecule has 1 aliphatic heterocycles. The van der Waals surface area contributed by atoms with Gasteiger partial charge in [-0.25, -0.2) is 8.42 Å². The third-order valence-corrected chi connectivity index (χ3v) is 7.76. The maximum atomic E-state index is 12.8. The number of fused-ring (bicyclic) bond motifs is 1. The second-order valence-electron chi connectivity index (χ2n) is 8.67. The summed E-state index contributed by atoms with van der Waals surface area (Å²) in [6.07, 6.45) is 6.50. The molecule has 0 radical (unpaired) electrons. The zero-order chi connectivity index (χ0) is 22.0. The molecule has 0 aromatic heterocycles. The van der Waals surface area contributed by atoms with Gasteiger partial charge in [0, 0.05) is 23.2 Å². The molecule has 0 bridgehead atoms. The third kappa shape index (κ3) is 5.48. The van der Waals surface area contributed by atoms with Gasteiger partial charge in [0.2, 0.25) is 5.91 Å².